The highest BCUT2D eigenvalue weighted by atomic mass is 127. The minimum atomic E-state index is 0. The van der Waals surface area contributed by atoms with Crippen LogP contribution in [-0.4, -0.2) is 56.8 Å². The van der Waals surface area contributed by atoms with Crippen molar-refractivity contribution >= 4 is 29.9 Å². The van der Waals surface area contributed by atoms with Gasteiger partial charge in [0, 0.05) is 26.3 Å². The summed E-state index contributed by atoms with van der Waals surface area (Å²) in [6.45, 7) is 14.3. The average molecular weight is 466 g/mol. The molecule has 0 aromatic carbocycles. The topological polar surface area (TPSA) is 62.0 Å². The van der Waals surface area contributed by atoms with Crippen molar-refractivity contribution in [1.29, 1.82) is 0 Å². The number of likely N-dealkylation sites (N-methyl/N-ethyl adjacent to an activating group) is 1. The lowest BCUT2D eigenvalue weighted by molar-refractivity contribution is 0.145. The molecule has 1 atom stereocenters. The summed E-state index contributed by atoms with van der Waals surface area (Å²) in [6, 6.07) is 4.13. The van der Waals surface area contributed by atoms with Gasteiger partial charge in [-0.25, -0.2) is 0 Å². The molecule has 25 heavy (non-hydrogen) atoms. The van der Waals surface area contributed by atoms with Crippen LogP contribution in [0.3, 0.4) is 0 Å². The van der Waals surface area contributed by atoms with Crippen molar-refractivity contribution in [2.45, 2.75) is 40.2 Å². The third-order valence-corrected chi connectivity index (χ3v) is 3.85. The Balaban J connectivity index is 0.00000576. The maximum absolute atomic E-state index is 5.63. The Hall–Kier alpha value is -0.800. The molecule has 0 aliphatic rings. The zero-order chi connectivity index (χ0) is 17.6. The molecule has 0 saturated carbocycles. The zero-order valence-electron chi connectivity index (χ0n) is 16.1. The van der Waals surface area contributed by atoms with E-state index >= 15 is 0 Å². The number of hydrogen-bond donors (Lipinski definition) is 2. The molecule has 146 valence electrons. The van der Waals surface area contributed by atoms with Crippen LogP contribution in [0.15, 0.2) is 27.8 Å². The zero-order valence-corrected chi connectivity index (χ0v) is 18.4. The Kier molecular flexibility index (Phi) is 15.0. The SMILES string of the molecule is CCNC(=NCC(c1ccco1)N(CC)CC)NCCCOCC.I. The molecule has 0 fully saturated rings. The number of nitrogens with zero attached hydrogens (tertiary/aromatic N) is 2. The molecule has 0 amide bonds. The molecule has 0 bridgehead atoms. The predicted molar refractivity (Wildman–Crippen MR) is 115 cm³/mol. The highest BCUT2D eigenvalue weighted by molar-refractivity contribution is 14.0. The van der Waals surface area contributed by atoms with Crippen LogP contribution in [0.5, 0.6) is 0 Å². The lowest BCUT2D eigenvalue weighted by Gasteiger charge is -2.27. The maximum Gasteiger partial charge on any atom is 0.191 e. The van der Waals surface area contributed by atoms with E-state index in [-0.39, 0.29) is 30.0 Å². The summed E-state index contributed by atoms with van der Waals surface area (Å²) in [5, 5.41) is 6.66. The Labute approximate surface area is 169 Å². The Morgan fingerprint density at radius 1 is 1.24 bits per heavy atom. The van der Waals surface area contributed by atoms with Crippen molar-refractivity contribution in [3.63, 3.8) is 0 Å². The first-order valence-corrected chi connectivity index (χ1v) is 9.14. The fourth-order valence-corrected chi connectivity index (χ4v) is 2.58. The summed E-state index contributed by atoms with van der Waals surface area (Å²) in [5.74, 6) is 1.81. The molecule has 1 unspecified atom stereocenters. The number of nitrogens with one attached hydrogen (secondary N) is 2. The molecule has 7 heteroatoms. The van der Waals surface area contributed by atoms with Gasteiger partial charge >= 0.3 is 0 Å². The van der Waals surface area contributed by atoms with Crippen LogP contribution in [0.4, 0.5) is 0 Å². The van der Waals surface area contributed by atoms with E-state index in [1.54, 1.807) is 6.26 Å². The molecule has 2 N–H and O–H groups in total. The number of guanidine groups is 1. The standard InChI is InChI=1S/C18H34N4O2.HI/c1-5-19-18(20-12-10-13-23-8-4)21-15-16(22(6-2)7-3)17-11-9-14-24-17;/h9,11,14,16H,5-8,10,12-13,15H2,1-4H3,(H2,19,20,21);1H. The summed E-state index contributed by atoms with van der Waals surface area (Å²) in [5.41, 5.74) is 0. The van der Waals surface area contributed by atoms with Crippen molar-refractivity contribution in [3.05, 3.63) is 24.2 Å². The number of hydrogen-bond acceptors (Lipinski definition) is 4. The van der Waals surface area contributed by atoms with Gasteiger partial charge in [-0.05, 0) is 45.5 Å². The third kappa shape index (κ3) is 9.46. The van der Waals surface area contributed by atoms with Crippen molar-refractivity contribution in [3.8, 4) is 0 Å². The second-order valence-corrected chi connectivity index (χ2v) is 5.45. The molecule has 0 aliphatic heterocycles. The summed E-state index contributed by atoms with van der Waals surface area (Å²) in [6.07, 6.45) is 2.70. The van der Waals surface area contributed by atoms with Crippen molar-refractivity contribution in [1.82, 2.24) is 15.5 Å². The highest BCUT2D eigenvalue weighted by Gasteiger charge is 2.20. The van der Waals surface area contributed by atoms with Crippen molar-refractivity contribution in [2.75, 3.05) is 45.9 Å². The molecule has 0 saturated heterocycles. The van der Waals surface area contributed by atoms with Crippen LogP contribution >= 0.6 is 24.0 Å². The van der Waals surface area contributed by atoms with Gasteiger partial charge in [0.15, 0.2) is 5.96 Å². The number of rotatable bonds is 12. The highest BCUT2D eigenvalue weighted by Crippen LogP contribution is 2.21. The van der Waals surface area contributed by atoms with Gasteiger partial charge < -0.3 is 19.8 Å². The largest absolute Gasteiger partial charge is 0.468 e. The normalized spacial score (nSPS) is 12.8. The Bertz CT molecular complexity index is 436. The summed E-state index contributed by atoms with van der Waals surface area (Å²) < 4.78 is 11.0. The molecular weight excluding hydrogens is 431 g/mol. The van der Waals surface area contributed by atoms with Gasteiger partial charge in [-0.2, -0.15) is 0 Å². The Morgan fingerprint density at radius 2 is 2.00 bits per heavy atom. The van der Waals surface area contributed by atoms with Crippen LogP contribution in [0.25, 0.3) is 0 Å². The van der Waals surface area contributed by atoms with Gasteiger partial charge in [-0.1, -0.05) is 13.8 Å². The molecule has 0 aliphatic carbocycles. The molecule has 6 nitrogen and oxygen atoms in total. The average Bonchev–Trinajstić information content (AvgIpc) is 3.12. The minimum absolute atomic E-state index is 0. The van der Waals surface area contributed by atoms with Gasteiger partial charge in [0.2, 0.25) is 0 Å². The second-order valence-electron chi connectivity index (χ2n) is 5.45. The lowest BCUT2D eigenvalue weighted by atomic mass is 10.2. The van der Waals surface area contributed by atoms with E-state index in [1.165, 1.54) is 0 Å². The van der Waals surface area contributed by atoms with Crippen molar-refractivity contribution < 1.29 is 9.15 Å². The van der Waals surface area contributed by atoms with Crippen LogP contribution in [0, 0.1) is 0 Å². The molecule has 1 rings (SSSR count). The lowest BCUT2D eigenvalue weighted by Crippen LogP contribution is -2.39. The van der Waals surface area contributed by atoms with E-state index in [1.807, 2.05) is 19.1 Å². The number of aliphatic imine (C=N–C) groups is 1. The molecule has 1 heterocycles. The van der Waals surface area contributed by atoms with E-state index in [9.17, 15) is 0 Å². The van der Waals surface area contributed by atoms with Gasteiger partial charge in [0.1, 0.15) is 5.76 Å². The molecule has 0 radical (unpaired) electrons. The first kappa shape index (κ1) is 24.2. The van der Waals surface area contributed by atoms with Gasteiger partial charge in [-0.15, -0.1) is 24.0 Å². The van der Waals surface area contributed by atoms with E-state index in [0.29, 0.717) is 6.54 Å². The molecule has 0 spiro atoms. The van der Waals surface area contributed by atoms with Crippen LogP contribution in [0.1, 0.15) is 45.9 Å². The fraction of sp³-hybridized carbons (Fsp3) is 0.722. The predicted octanol–water partition coefficient (Wildman–Crippen LogP) is 3.26. The van der Waals surface area contributed by atoms with E-state index in [4.69, 9.17) is 14.1 Å². The Morgan fingerprint density at radius 3 is 2.56 bits per heavy atom. The fourth-order valence-electron chi connectivity index (χ4n) is 2.58. The number of halogens is 1. The smallest absolute Gasteiger partial charge is 0.191 e. The quantitative estimate of drug-likeness (QED) is 0.214. The van der Waals surface area contributed by atoms with Gasteiger partial charge in [0.05, 0.1) is 18.8 Å². The summed E-state index contributed by atoms with van der Waals surface area (Å²) >= 11 is 0. The summed E-state index contributed by atoms with van der Waals surface area (Å²) in [7, 11) is 0. The van der Waals surface area contributed by atoms with Crippen LogP contribution < -0.4 is 10.6 Å². The van der Waals surface area contributed by atoms with Crippen molar-refractivity contribution in [2.24, 2.45) is 4.99 Å². The van der Waals surface area contributed by atoms with Gasteiger partial charge in [-0.3, -0.25) is 9.89 Å². The minimum Gasteiger partial charge on any atom is -0.468 e. The first-order chi connectivity index (χ1) is 11.8. The van der Waals surface area contributed by atoms with E-state index in [0.717, 1.165) is 57.5 Å². The van der Waals surface area contributed by atoms with Crippen LogP contribution in [0.2, 0.25) is 0 Å². The number of furan rings is 1. The van der Waals surface area contributed by atoms with E-state index < -0.39 is 0 Å². The third-order valence-electron chi connectivity index (χ3n) is 3.85. The molecular formula is C18H35IN4O2. The molecule has 1 aromatic heterocycles. The maximum atomic E-state index is 5.63. The number of ether oxygens (including phenoxy) is 1. The molecule has 1 aromatic rings. The summed E-state index contributed by atoms with van der Waals surface area (Å²) in [4.78, 5) is 7.12. The second kappa shape index (κ2) is 15.5. The van der Waals surface area contributed by atoms with Gasteiger partial charge in [0.25, 0.3) is 0 Å². The monoisotopic (exact) mass is 466 g/mol. The van der Waals surface area contributed by atoms with E-state index in [2.05, 4.69) is 36.3 Å². The first-order valence-electron chi connectivity index (χ1n) is 9.14. The van der Waals surface area contributed by atoms with Crippen LogP contribution in [-0.2, 0) is 4.74 Å².